The summed E-state index contributed by atoms with van der Waals surface area (Å²) in [6.45, 7) is 1.61. The van der Waals surface area contributed by atoms with E-state index in [0.29, 0.717) is 11.6 Å². The molecule has 0 fully saturated rings. The van der Waals surface area contributed by atoms with E-state index in [1.165, 1.54) is 29.8 Å². The van der Waals surface area contributed by atoms with Crippen molar-refractivity contribution in [2.75, 3.05) is 7.11 Å². The first kappa shape index (κ1) is 12.6. The van der Waals surface area contributed by atoms with Gasteiger partial charge in [-0.1, -0.05) is 0 Å². The minimum atomic E-state index is -4.58. The lowest BCUT2D eigenvalue weighted by Crippen LogP contribution is -2.12. The third-order valence-electron chi connectivity index (χ3n) is 2.81. The fourth-order valence-corrected chi connectivity index (χ4v) is 1.99. The molecule has 0 aliphatic carbocycles. The Hall–Kier alpha value is -2.38. The molecule has 0 unspecified atom stereocenters. The first-order chi connectivity index (χ1) is 9.40. The molecule has 5 nitrogen and oxygen atoms in total. The van der Waals surface area contributed by atoms with Crippen molar-refractivity contribution in [3.63, 3.8) is 0 Å². The molecule has 0 saturated carbocycles. The fraction of sp³-hybridized carbons (Fsp3) is 0.250. The summed E-state index contributed by atoms with van der Waals surface area (Å²) >= 11 is 0. The van der Waals surface area contributed by atoms with Crippen molar-refractivity contribution in [2.45, 2.75) is 13.1 Å². The topological polar surface area (TPSA) is 52.3 Å². The van der Waals surface area contributed by atoms with Crippen LogP contribution < -0.4 is 4.74 Å². The Morgan fingerprint density at radius 2 is 1.85 bits per heavy atom. The average Bonchev–Trinajstić information content (AvgIpc) is 2.77. The normalized spacial score (nSPS) is 12.2. The van der Waals surface area contributed by atoms with Gasteiger partial charge >= 0.3 is 6.18 Å². The molecule has 0 bridgehead atoms. The highest BCUT2D eigenvalue weighted by Crippen LogP contribution is 2.32. The van der Waals surface area contributed by atoms with E-state index in [1.54, 1.807) is 6.92 Å². The molecule has 0 aliphatic heterocycles. The van der Waals surface area contributed by atoms with Crippen molar-refractivity contribution < 1.29 is 17.9 Å². The summed E-state index contributed by atoms with van der Waals surface area (Å²) in [4.78, 5) is 11.7. The number of imidazole rings is 1. The zero-order chi connectivity index (χ0) is 14.5. The third kappa shape index (κ3) is 1.84. The van der Waals surface area contributed by atoms with Crippen LogP contribution in [-0.2, 0) is 6.18 Å². The van der Waals surface area contributed by atoms with Crippen molar-refractivity contribution in [1.82, 2.24) is 19.4 Å². The fourth-order valence-electron chi connectivity index (χ4n) is 1.99. The Bertz CT molecular complexity index is 810. The molecule has 0 amide bonds. The lowest BCUT2D eigenvalue weighted by Gasteiger charge is -2.09. The molecular weight excluding hydrogens is 273 g/mol. The maximum Gasteiger partial charge on any atom is 0.437 e. The molecule has 20 heavy (non-hydrogen) atoms. The van der Waals surface area contributed by atoms with Gasteiger partial charge in [0.15, 0.2) is 17.0 Å². The summed E-state index contributed by atoms with van der Waals surface area (Å²) in [6, 6.07) is 2.90. The second-order valence-corrected chi connectivity index (χ2v) is 4.23. The number of rotatable bonds is 1. The molecule has 0 N–H and O–H groups in total. The summed E-state index contributed by atoms with van der Waals surface area (Å²) in [5.74, 6) is 0.298. The predicted octanol–water partition coefficient (Wildman–Crippen LogP) is 2.61. The van der Waals surface area contributed by atoms with Crippen molar-refractivity contribution in [3.8, 4) is 5.88 Å². The molecule has 0 aliphatic rings. The Labute approximate surface area is 111 Å². The van der Waals surface area contributed by atoms with Crippen LogP contribution in [0.1, 0.15) is 11.4 Å². The Kier molecular flexibility index (Phi) is 2.56. The van der Waals surface area contributed by atoms with E-state index < -0.39 is 11.9 Å². The number of aromatic nitrogens is 4. The van der Waals surface area contributed by atoms with Crippen molar-refractivity contribution >= 4 is 16.8 Å². The summed E-state index contributed by atoms with van der Waals surface area (Å²) in [5.41, 5.74) is -0.432. The number of pyridine rings is 1. The van der Waals surface area contributed by atoms with Crippen LogP contribution in [0.2, 0.25) is 0 Å². The summed E-state index contributed by atoms with van der Waals surface area (Å²) in [6.07, 6.45) is -3.09. The SMILES string of the molecule is COc1ccc2nc(C(F)(F)F)c3nc(C)cn3c2n1. The van der Waals surface area contributed by atoms with Gasteiger partial charge in [0.05, 0.1) is 12.8 Å². The first-order valence-corrected chi connectivity index (χ1v) is 5.68. The number of alkyl halides is 3. The second kappa shape index (κ2) is 4.06. The summed E-state index contributed by atoms with van der Waals surface area (Å²) < 4.78 is 45.4. The Morgan fingerprint density at radius 3 is 2.50 bits per heavy atom. The highest BCUT2D eigenvalue weighted by Gasteiger charge is 2.37. The Morgan fingerprint density at radius 1 is 1.10 bits per heavy atom. The maximum absolute atomic E-state index is 13.0. The molecule has 0 saturated heterocycles. The number of nitrogens with zero attached hydrogens (tertiary/aromatic N) is 4. The number of aryl methyl sites for hydroxylation is 1. The lowest BCUT2D eigenvalue weighted by molar-refractivity contribution is -0.139. The number of ether oxygens (including phenoxy) is 1. The van der Waals surface area contributed by atoms with Gasteiger partial charge in [0.25, 0.3) is 0 Å². The van der Waals surface area contributed by atoms with E-state index in [4.69, 9.17) is 4.74 Å². The molecule has 0 spiro atoms. The quantitative estimate of drug-likeness (QED) is 0.688. The average molecular weight is 282 g/mol. The molecular formula is C12H9F3N4O. The van der Waals surface area contributed by atoms with Crippen molar-refractivity contribution in [3.05, 3.63) is 29.7 Å². The van der Waals surface area contributed by atoms with Crippen LogP contribution >= 0.6 is 0 Å². The van der Waals surface area contributed by atoms with Crippen LogP contribution in [0.25, 0.3) is 16.8 Å². The van der Waals surface area contributed by atoms with Gasteiger partial charge in [0.1, 0.15) is 5.52 Å². The molecule has 3 aromatic rings. The highest BCUT2D eigenvalue weighted by atomic mass is 19.4. The van der Waals surface area contributed by atoms with Gasteiger partial charge in [-0.15, -0.1) is 0 Å². The Balaban J connectivity index is 2.48. The first-order valence-electron chi connectivity index (χ1n) is 5.68. The molecule has 0 atom stereocenters. The predicted molar refractivity (Wildman–Crippen MR) is 64.6 cm³/mol. The van der Waals surface area contributed by atoms with E-state index in [-0.39, 0.29) is 16.8 Å². The molecule has 0 radical (unpaired) electrons. The van der Waals surface area contributed by atoms with E-state index in [9.17, 15) is 13.2 Å². The minimum absolute atomic E-state index is 0.128. The number of halogens is 3. The summed E-state index contributed by atoms with van der Waals surface area (Å²) in [5, 5.41) is 0. The lowest BCUT2D eigenvalue weighted by atomic mass is 10.3. The van der Waals surface area contributed by atoms with Crippen LogP contribution in [0.3, 0.4) is 0 Å². The largest absolute Gasteiger partial charge is 0.481 e. The summed E-state index contributed by atoms with van der Waals surface area (Å²) in [7, 11) is 1.43. The minimum Gasteiger partial charge on any atom is -0.481 e. The second-order valence-electron chi connectivity index (χ2n) is 4.23. The number of hydrogen-bond acceptors (Lipinski definition) is 4. The maximum atomic E-state index is 13.0. The van der Waals surface area contributed by atoms with Crippen molar-refractivity contribution in [2.24, 2.45) is 0 Å². The molecule has 3 aromatic heterocycles. The van der Waals surface area contributed by atoms with Crippen LogP contribution in [0, 0.1) is 6.92 Å². The van der Waals surface area contributed by atoms with E-state index >= 15 is 0 Å². The molecule has 8 heteroatoms. The third-order valence-corrected chi connectivity index (χ3v) is 2.81. The monoisotopic (exact) mass is 282 g/mol. The van der Waals surface area contributed by atoms with Gasteiger partial charge in [-0.05, 0) is 13.0 Å². The van der Waals surface area contributed by atoms with E-state index in [2.05, 4.69) is 15.0 Å². The highest BCUT2D eigenvalue weighted by molar-refractivity contribution is 5.75. The zero-order valence-corrected chi connectivity index (χ0v) is 10.6. The number of fused-ring (bicyclic) bond motifs is 3. The van der Waals surface area contributed by atoms with Gasteiger partial charge in [-0.25, -0.2) is 9.97 Å². The van der Waals surface area contributed by atoms with Gasteiger partial charge in [0, 0.05) is 12.3 Å². The van der Waals surface area contributed by atoms with Crippen LogP contribution in [0.5, 0.6) is 5.88 Å². The molecule has 104 valence electrons. The van der Waals surface area contributed by atoms with E-state index in [1.807, 2.05) is 0 Å². The van der Waals surface area contributed by atoms with Crippen LogP contribution in [-0.4, -0.2) is 26.5 Å². The van der Waals surface area contributed by atoms with E-state index in [0.717, 1.165) is 0 Å². The van der Waals surface area contributed by atoms with Gasteiger partial charge < -0.3 is 4.74 Å². The molecule has 0 aromatic carbocycles. The molecule has 3 heterocycles. The van der Waals surface area contributed by atoms with Crippen LogP contribution in [0.4, 0.5) is 13.2 Å². The number of hydrogen-bond donors (Lipinski definition) is 0. The van der Waals surface area contributed by atoms with Gasteiger partial charge in [-0.3, -0.25) is 4.40 Å². The zero-order valence-electron chi connectivity index (χ0n) is 10.6. The van der Waals surface area contributed by atoms with Crippen molar-refractivity contribution in [1.29, 1.82) is 0 Å². The van der Waals surface area contributed by atoms with Gasteiger partial charge in [-0.2, -0.15) is 18.2 Å². The van der Waals surface area contributed by atoms with Crippen LogP contribution in [0.15, 0.2) is 18.3 Å². The molecule has 3 rings (SSSR count). The number of methoxy groups -OCH3 is 1. The standard InChI is InChI=1S/C12H9F3N4O/c1-6-5-19-10-7(3-4-8(18-10)20-2)17-9(11(19)16-6)12(13,14)15/h3-5H,1-2H3. The smallest absolute Gasteiger partial charge is 0.437 e. The van der Waals surface area contributed by atoms with Gasteiger partial charge in [0.2, 0.25) is 5.88 Å².